The standard InChI is InChI=1S/C2H4INO3/c4-2(5)1-3(6)7/h1H2,(H2,4,5). The molecule has 0 spiro atoms. The van der Waals surface area contributed by atoms with Crippen LogP contribution in [-0.4, -0.2) is 10.3 Å². The summed E-state index contributed by atoms with van der Waals surface area (Å²) in [5.74, 6) is -0.768. The van der Waals surface area contributed by atoms with Gasteiger partial charge in [0.1, 0.15) is 4.43 Å². The van der Waals surface area contributed by atoms with Gasteiger partial charge < -0.3 is 5.73 Å². The Morgan fingerprint density at radius 3 is 2.00 bits per heavy atom. The number of alkyl halides is 1. The third kappa shape index (κ3) is 5.80. The number of halogens is 1. The first kappa shape index (κ1) is 6.80. The van der Waals surface area contributed by atoms with Crippen molar-refractivity contribution in [3.05, 3.63) is 0 Å². The summed E-state index contributed by atoms with van der Waals surface area (Å²) < 4.78 is 18.8. The predicted molar refractivity (Wildman–Crippen MR) is 29.5 cm³/mol. The molecular weight excluding hydrogens is 213 g/mol. The molecule has 0 rings (SSSR count). The van der Waals surface area contributed by atoms with Crippen LogP contribution in [0.1, 0.15) is 0 Å². The highest BCUT2D eigenvalue weighted by atomic mass is 127. The van der Waals surface area contributed by atoms with Crippen molar-refractivity contribution in [2.75, 3.05) is 4.43 Å². The van der Waals surface area contributed by atoms with Crippen LogP contribution in [0.3, 0.4) is 0 Å². The van der Waals surface area contributed by atoms with Crippen molar-refractivity contribution in [1.29, 1.82) is 0 Å². The minimum absolute atomic E-state index is 0.454. The number of carbonyl (C=O) groups excluding carboxylic acids is 1. The Bertz CT molecular complexity index is 130. The average Bonchev–Trinajstić information content (AvgIpc) is 1.27. The lowest BCUT2D eigenvalue weighted by atomic mass is 10.8. The van der Waals surface area contributed by atoms with Crippen LogP contribution in [0.5, 0.6) is 0 Å². The third-order valence-electron chi connectivity index (χ3n) is 0.241. The van der Waals surface area contributed by atoms with Crippen LogP contribution in [0.25, 0.3) is 0 Å². The van der Waals surface area contributed by atoms with Crippen LogP contribution in [0, 0.1) is 0 Å². The maximum absolute atomic E-state index is 9.67. The lowest BCUT2D eigenvalue weighted by molar-refractivity contribution is -0.115. The molecule has 0 unspecified atom stereocenters. The first-order chi connectivity index (χ1) is 3.13. The Hall–Kier alpha value is -0.200. The zero-order valence-corrected chi connectivity index (χ0v) is 5.54. The van der Waals surface area contributed by atoms with Crippen molar-refractivity contribution in [2.45, 2.75) is 0 Å². The van der Waals surface area contributed by atoms with E-state index in [0.29, 0.717) is 0 Å². The van der Waals surface area contributed by atoms with Gasteiger partial charge in [-0.05, 0) is 0 Å². The van der Waals surface area contributed by atoms with Crippen molar-refractivity contribution in [1.82, 2.24) is 0 Å². The van der Waals surface area contributed by atoms with Crippen LogP contribution in [0.15, 0.2) is 0 Å². The summed E-state index contributed by atoms with van der Waals surface area (Å²) in [5.41, 5.74) is 4.49. The van der Waals surface area contributed by atoms with E-state index in [2.05, 4.69) is 5.73 Å². The van der Waals surface area contributed by atoms with Gasteiger partial charge in [-0.1, -0.05) is 0 Å². The van der Waals surface area contributed by atoms with Crippen LogP contribution in [0.4, 0.5) is 0 Å². The molecular formula is C2H4INO3. The molecule has 1 amide bonds. The van der Waals surface area contributed by atoms with Gasteiger partial charge in [0.15, 0.2) is 0 Å². The smallest absolute Gasteiger partial charge is 0.316 e. The molecule has 2 N–H and O–H groups in total. The highest BCUT2D eigenvalue weighted by Gasteiger charge is 1.95. The van der Waals surface area contributed by atoms with E-state index in [0.717, 1.165) is 0 Å². The second-order valence-electron chi connectivity index (χ2n) is 0.881. The van der Waals surface area contributed by atoms with Gasteiger partial charge in [-0.15, -0.1) is 0 Å². The molecule has 0 saturated heterocycles. The molecule has 5 heteroatoms. The normalized spacial score (nSPS) is 9.29. The predicted octanol–water partition coefficient (Wildman–Crippen LogP) is -0.331. The summed E-state index contributed by atoms with van der Waals surface area (Å²) in [6.45, 7) is 0. The molecule has 0 aliphatic carbocycles. The summed E-state index contributed by atoms with van der Waals surface area (Å²) in [4.78, 5) is 9.67. The van der Waals surface area contributed by atoms with E-state index < -0.39 is 30.1 Å². The fourth-order valence-corrected chi connectivity index (χ4v) is 0.721. The van der Waals surface area contributed by atoms with Crippen molar-refractivity contribution < 1.29 is 10.9 Å². The van der Waals surface area contributed by atoms with Crippen LogP contribution < -0.4 is 5.73 Å². The van der Waals surface area contributed by atoms with Gasteiger partial charge in [0.2, 0.25) is 5.91 Å². The van der Waals surface area contributed by atoms with E-state index in [9.17, 15) is 10.9 Å². The molecule has 0 atom stereocenters. The Balaban J connectivity index is 3.53. The number of hydrogen-bond acceptors (Lipinski definition) is 3. The molecule has 0 aliphatic rings. The highest BCUT2D eigenvalue weighted by molar-refractivity contribution is 14.2. The number of primary amides is 1. The molecule has 0 aromatic carbocycles. The van der Waals surface area contributed by atoms with E-state index >= 15 is 0 Å². The quantitative estimate of drug-likeness (QED) is 0.508. The van der Waals surface area contributed by atoms with E-state index in [1.165, 1.54) is 0 Å². The van der Waals surface area contributed by atoms with Crippen molar-refractivity contribution >= 4 is 25.7 Å². The Morgan fingerprint density at radius 2 is 2.00 bits per heavy atom. The number of nitrogens with two attached hydrogens (primary N) is 1. The van der Waals surface area contributed by atoms with E-state index in [1.807, 2.05) is 0 Å². The fraction of sp³-hybridized carbons (Fsp3) is 0.500. The van der Waals surface area contributed by atoms with Crippen molar-refractivity contribution in [3.8, 4) is 0 Å². The zero-order chi connectivity index (χ0) is 5.86. The van der Waals surface area contributed by atoms with Crippen LogP contribution in [0.2, 0.25) is 0 Å². The second kappa shape index (κ2) is 2.89. The molecule has 0 radical (unpaired) electrons. The van der Waals surface area contributed by atoms with Gasteiger partial charge in [0, 0.05) is 0 Å². The molecule has 0 aliphatic heterocycles. The fourth-order valence-electron chi connectivity index (χ4n) is 0.108. The zero-order valence-electron chi connectivity index (χ0n) is 3.39. The van der Waals surface area contributed by atoms with Gasteiger partial charge in [-0.3, -0.25) is 4.79 Å². The van der Waals surface area contributed by atoms with Crippen molar-refractivity contribution in [2.24, 2.45) is 5.73 Å². The van der Waals surface area contributed by atoms with Gasteiger partial charge in [0.25, 0.3) is 0 Å². The monoisotopic (exact) mass is 217 g/mol. The van der Waals surface area contributed by atoms with Gasteiger partial charge in [0.05, 0.1) is 0 Å². The topological polar surface area (TPSA) is 77.2 Å². The first-order valence-corrected chi connectivity index (χ1v) is 4.71. The minimum atomic E-state index is -3.34. The second-order valence-corrected chi connectivity index (χ2v) is 3.25. The molecule has 0 aromatic rings. The van der Waals surface area contributed by atoms with Crippen molar-refractivity contribution in [3.63, 3.8) is 0 Å². The molecule has 4 nitrogen and oxygen atoms in total. The summed E-state index contributed by atoms with van der Waals surface area (Å²) in [7, 11) is 0. The maximum Gasteiger partial charge on any atom is 0.316 e. The molecule has 0 saturated carbocycles. The highest BCUT2D eigenvalue weighted by Crippen LogP contribution is 1.99. The Labute approximate surface area is 47.2 Å². The lowest BCUT2D eigenvalue weighted by Crippen LogP contribution is -2.11. The molecule has 42 valence electrons. The van der Waals surface area contributed by atoms with Gasteiger partial charge in [-0.25, -0.2) is 6.14 Å². The average molecular weight is 217 g/mol. The number of rotatable bonds is 2. The number of carbonyl (C=O) groups is 1. The third-order valence-corrected chi connectivity index (χ3v) is 1.62. The SMILES string of the molecule is NC(=O)CI(=O)=O. The lowest BCUT2D eigenvalue weighted by Gasteiger charge is -1.73. The van der Waals surface area contributed by atoms with E-state index in [-0.39, 0.29) is 0 Å². The maximum atomic E-state index is 9.67. The largest absolute Gasteiger partial charge is 0.369 e. The molecule has 0 aromatic heterocycles. The molecule has 0 fully saturated rings. The van der Waals surface area contributed by atoms with E-state index in [1.54, 1.807) is 0 Å². The summed E-state index contributed by atoms with van der Waals surface area (Å²) >= 11 is -3.34. The van der Waals surface area contributed by atoms with Gasteiger partial charge >= 0.3 is 19.8 Å². The van der Waals surface area contributed by atoms with E-state index in [4.69, 9.17) is 0 Å². The number of amides is 1. The molecule has 0 heterocycles. The molecule has 0 bridgehead atoms. The summed E-state index contributed by atoms with van der Waals surface area (Å²) in [6, 6.07) is 0. The Kier molecular flexibility index (Phi) is 2.81. The summed E-state index contributed by atoms with van der Waals surface area (Å²) in [5, 5.41) is 0. The Morgan fingerprint density at radius 1 is 1.57 bits per heavy atom. The molecule has 7 heavy (non-hydrogen) atoms. The minimum Gasteiger partial charge on any atom is -0.369 e. The van der Waals surface area contributed by atoms with Crippen LogP contribution in [-0.2, 0) is 10.9 Å². The van der Waals surface area contributed by atoms with Gasteiger partial charge in [-0.2, -0.15) is 0 Å². The first-order valence-electron chi connectivity index (χ1n) is 1.42. The number of hydrogen-bond donors (Lipinski definition) is 1. The van der Waals surface area contributed by atoms with Crippen LogP contribution >= 0.6 is 19.8 Å². The summed E-state index contributed by atoms with van der Waals surface area (Å²) in [6.07, 6.45) is 0.